The van der Waals surface area contributed by atoms with E-state index >= 15 is 0 Å². The topological polar surface area (TPSA) is 84.1 Å². The number of nitrogens with zero attached hydrogens (tertiary/aromatic N) is 1. The summed E-state index contributed by atoms with van der Waals surface area (Å²) in [6.07, 6.45) is 2.32. The number of fused-ring (bicyclic) bond motifs is 1. The molecule has 0 radical (unpaired) electrons. The number of carbonyl (C=O) groups is 2. The molecular formula is C18H25N3O3. The number of pyridine rings is 1. The van der Waals surface area contributed by atoms with E-state index in [0.29, 0.717) is 12.1 Å². The minimum Gasteiger partial charge on any atom is -0.464 e. The Kier molecular flexibility index (Phi) is 7.68. The number of aromatic amines is 1. The molecule has 0 saturated carbocycles. The maximum atomic E-state index is 11.7. The van der Waals surface area contributed by atoms with Crippen LogP contribution in [-0.2, 0) is 11.2 Å². The van der Waals surface area contributed by atoms with E-state index in [1.165, 1.54) is 7.11 Å². The highest BCUT2D eigenvalue weighted by Gasteiger charge is 2.20. The molecule has 2 N–H and O–H groups in total. The average molecular weight is 331 g/mol. The number of rotatable bonds is 2. The van der Waals surface area contributed by atoms with Crippen molar-refractivity contribution in [3.05, 3.63) is 41.3 Å². The number of amides is 1. The fraction of sp³-hybridized carbons (Fsp3) is 0.389. The molecule has 0 aromatic carbocycles. The second-order valence-corrected chi connectivity index (χ2v) is 4.50. The van der Waals surface area contributed by atoms with E-state index in [0.717, 1.165) is 23.4 Å². The van der Waals surface area contributed by atoms with Crippen molar-refractivity contribution < 1.29 is 14.3 Å². The van der Waals surface area contributed by atoms with Crippen LogP contribution >= 0.6 is 0 Å². The van der Waals surface area contributed by atoms with Crippen molar-refractivity contribution >= 4 is 11.9 Å². The normalized spacial score (nSPS) is 11.8. The van der Waals surface area contributed by atoms with E-state index < -0.39 is 5.97 Å². The SMILES string of the molecule is CC.CC.COC(=O)c1cc(-c2cc3c([nH]2)CCNC3=O)ccn1. The number of methoxy groups -OCH3 is 1. The number of esters is 1. The van der Waals surface area contributed by atoms with Gasteiger partial charge in [0.15, 0.2) is 0 Å². The van der Waals surface area contributed by atoms with E-state index in [9.17, 15) is 9.59 Å². The van der Waals surface area contributed by atoms with Crippen molar-refractivity contribution in [2.45, 2.75) is 34.1 Å². The summed E-state index contributed by atoms with van der Waals surface area (Å²) >= 11 is 0. The van der Waals surface area contributed by atoms with Crippen LogP contribution in [0.2, 0.25) is 0 Å². The Morgan fingerprint density at radius 2 is 1.92 bits per heavy atom. The predicted octanol–water partition coefficient (Wildman–Crippen LogP) is 3.20. The molecule has 0 aliphatic carbocycles. The predicted molar refractivity (Wildman–Crippen MR) is 94.1 cm³/mol. The molecule has 1 aliphatic rings. The minimum atomic E-state index is -0.485. The molecule has 0 fully saturated rings. The number of hydrogen-bond donors (Lipinski definition) is 2. The molecule has 3 rings (SSSR count). The van der Waals surface area contributed by atoms with Gasteiger partial charge in [0.25, 0.3) is 5.91 Å². The number of carbonyl (C=O) groups excluding carboxylic acids is 2. The van der Waals surface area contributed by atoms with E-state index in [1.807, 2.05) is 27.7 Å². The van der Waals surface area contributed by atoms with Gasteiger partial charge >= 0.3 is 5.97 Å². The van der Waals surface area contributed by atoms with Gasteiger partial charge in [0.1, 0.15) is 5.69 Å². The lowest BCUT2D eigenvalue weighted by Crippen LogP contribution is -2.31. The van der Waals surface area contributed by atoms with Crippen LogP contribution in [0.3, 0.4) is 0 Å². The molecule has 0 saturated heterocycles. The van der Waals surface area contributed by atoms with Crippen LogP contribution in [0.5, 0.6) is 0 Å². The third kappa shape index (κ3) is 4.22. The lowest BCUT2D eigenvalue weighted by atomic mass is 10.1. The summed E-state index contributed by atoms with van der Waals surface area (Å²) in [5, 5.41) is 2.80. The average Bonchev–Trinajstić information content (AvgIpc) is 3.10. The molecule has 3 heterocycles. The number of H-pyrrole nitrogens is 1. The summed E-state index contributed by atoms with van der Waals surface area (Å²) in [5.41, 5.74) is 3.40. The monoisotopic (exact) mass is 331 g/mol. The zero-order chi connectivity index (χ0) is 18.1. The van der Waals surface area contributed by atoms with E-state index in [1.54, 1.807) is 24.4 Å². The Hall–Kier alpha value is -2.63. The zero-order valence-electron chi connectivity index (χ0n) is 14.9. The third-order valence-electron chi connectivity index (χ3n) is 3.27. The van der Waals surface area contributed by atoms with Gasteiger partial charge in [0.05, 0.1) is 12.7 Å². The first kappa shape index (κ1) is 19.4. The highest BCUT2D eigenvalue weighted by Crippen LogP contribution is 2.24. The summed E-state index contributed by atoms with van der Waals surface area (Å²) in [4.78, 5) is 30.4. The Morgan fingerprint density at radius 1 is 1.21 bits per heavy atom. The number of nitrogens with one attached hydrogen (secondary N) is 2. The smallest absolute Gasteiger partial charge is 0.356 e. The van der Waals surface area contributed by atoms with Gasteiger partial charge in [-0.3, -0.25) is 4.79 Å². The number of aromatic nitrogens is 2. The lowest BCUT2D eigenvalue weighted by Gasteiger charge is -2.10. The molecule has 24 heavy (non-hydrogen) atoms. The van der Waals surface area contributed by atoms with Gasteiger partial charge in [-0.15, -0.1) is 0 Å². The van der Waals surface area contributed by atoms with Crippen molar-refractivity contribution in [3.8, 4) is 11.3 Å². The highest BCUT2D eigenvalue weighted by molar-refractivity contribution is 5.98. The molecule has 2 aromatic rings. The second-order valence-electron chi connectivity index (χ2n) is 4.50. The van der Waals surface area contributed by atoms with E-state index in [-0.39, 0.29) is 11.6 Å². The lowest BCUT2D eigenvalue weighted by molar-refractivity contribution is 0.0594. The van der Waals surface area contributed by atoms with Crippen molar-refractivity contribution in [3.63, 3.8) is 0 Å². The Labute approximate surface area is 142 Å². The Morgan fingerprint density at radius 3 is 2.54 bits per heavy atom. The molecule has 2 aromatic heterocycles. The van der Waals surface area contributed by atoms with Gasteiger partial charge in [-0.1, -0.05) is 27.7 Å². The molecule has 0 spiro atoms. The standard InChI is InChI=1S/C14H13N3O3.2C2H6/c1-20-14(19)12-6-8(2-4-15-12)11-7-9-10(17-11)3-5-16-13(9)18;2*1-2/h2,4,6-7,17H,3,5H2,1H3,(H,16,18);2*1-2H3. The summed E-state index contributed by atoms with van der Waals surface area (Å²) in [7, 11) is 1.31. The summed E-state index contributed by atoms with van der Waals surface area (Å²) in [6.45, 7) is 8.63. The van der Waals surface area contributed by atoms with Crippen LogP contribution in [0.25, 0.3) is 11.3 Å². The van der Waals surface area contributed by atoms with Gasteiger partial charge in [-0.25, -0.2) is 9.78 Å². The molecule has 1 aliphatic heterocycles. The number of ether oxygens (including phenoxy) is 1. The zero-order valence-corrected chi connectivity index (χ0v) is 14.9. The fourth-order valence-electron chi connectivity index (χ4n) is 2.26. The highest BCUT2D eigenvalue weighted by atomic mass is 16.5. The largest absolute Gasteiger partial charge is 0.464 e. The van der Waals surface area contributed by atoms with Gasteiger partial charge in [0.2, 0.25) is 0 Å². The molecule has 130 valence electrons. The summed E-state index contributed by atoms with van der Waals surface area (Å²) < 4.78 is 4.65. The second kappa shape index (κ2) is 9.50. The van der Waals surface area contributed by atoms with Gasteiger partial charge in [-0.05, 0) is 18.2 Å². The first-order chi connectivity index (χ1) is 11.7. The maximum Gasteiger partial charge on any atom is 0.356 e. The third-order valence-corrected chi connectivity index (χ3v) is 3.27. The Balaban J connectivity index is 0.000000671. The number of hydrogen-bond acceptors (Lipinski definition) is 4. The van der Waals surface area contributed by atoms with Crippen LogP contribution in [0, 0.1) is 0 Å². The molecule has 0 bridgehead atoms. The van der Waals surface area contributed by atoms with Crippen molar-refractivity contribution in [1.82, 2.24) is 15.3 Å². The molecule has 6 heteroatoms. The minimum absolute atomic E-state index is 0.0732. The van der Waals surface area contributed by atoms with E-state index in [2.05, 4.69) is 20.0 Å². The van der Waals surface area contributed by atoms with Crippen molar-refractivity contribution in [2.75, 3.05) is 13.7 Å². The molecular weight excluding hydrogens is 306 g/mol. The van der Waals surface area contributed by atoms with Crippen molar-refractivity contribution in [2.24, 2.45) is 0 Å². The fourth-order valence-corrected chi connectivity index (χ4v) is 2.26. The van der Waals surface area contributed by atoms with Crippen LogP contribution in [0.15, 0.2) is 24.4 Å². The summed E-state index contributed by atoms with van der Waals surface area (Å²) in [6, 6.07) is 5.21. The van der Waals surface area contributed by atoms with Gasteiger partial charge in [-0.2, -0.15) is 0 Å². The van der Waals surface area contributed by atoms with Crippen LogP contribution < -0.4 is 5.32 Å². The first-order valence-electron chi connectivity index (χ1n) is 8.24. The molecule has 1 amide bonds. The van der Waals surface area contributed by atoms with Crippen LogP contribution in [0.1, 0.15) is 54.2 Å². The van der Waals surface area contributed by atoms with Crippen molar-refractivity contribution in [1.29, 1.82) is 0 Å². The van der Waals surface area contributed by atoms with Crippen LogP contribution in [0.4, 0.5) is 0 Å². The maximum absolute atomic E-state index is 11.7. The Bertz CT molecular complexity index is 693. The van der Waals surface area contributed by atoms with Gasteiger partial charge in [0, 0.05) is 36.1 Å². The van der Waals surface area contributed by atoms with Gasteiger partial charge < -0.3 is 15.0 Å². The summed E-state index contributed by atoms with van der Waals surface area (Å²) in [5.74, 6) is -0.558. The molecule has 0 atom stereocenters. The molecule has 0 unspecified atom stereocenters. The van der Waals surface area contributed by atoms with E-state index in [4.69, 9.17) is 0 Å². The quantitative estimate of drug-likeness (QED) is 0.828. The van der Waals surface area contributed by atoms with Crippen LogP contribution in [-0.4, -0.2) is 35.5 Å². The first-order valence-corrected chi connectivity index (χ1v) is 8.24. The molecule has 6 nitrogen and oxygen atoms in total.